The molecule has 0 aliphatic carbocycles. The molecule has 0 radical (unpaired) electrons. The summed E-state index contributed by atoms with van der Waals surface area (Å²) in [4.78, 5) is 12.9. The molecule has 3 aromatic rings. The molecule has 0 aliphatic heterocycles. The number of benzene rings is 2. The lowest BCUT2D eigenvalue weighted by molar-refractivity contribution is 0.0944. The van der Waals surface area contributed by atoms with E-state index in [0.29, 0.717) is 0 Å². The van der Waals surface area contributed by atoms with Crippen LogP contribution in [0.25, 0.3) is 10.8 Å². The van der Waals surface area contributed by atoms with Crippen LogP contribution in [0.15, 0.2) is 60.0 Å². The summed E-state index contributed by atoms with van der Waals surface area (Å²) in [5, 5.41) is 7.36. The molecule has 1 amide bonds. The van der Waals surface area contributed by atoms with E-state index in [9.17, 15) is 4.79 Å². The zero-order valence-electron chi connectivity index (χ0n) is 11.2. The monoisotopic (exact) mass is 281 g/mol. The summed E-state index contributed by atoms with van der Waals surface area (Å²) in [6.45, 7) is 2.02. The Labute approximate surface area is 122 Å². The Hall–Kier alpha value is -2.13. The number of carbonyl (C=O) groups excluding carboxylic acids is 1. The molecular formula is C17H15NOS. The summed E-state index contributed by atoms with van der Waals surface area (Å²) < 4.78 is 0. The molecule has 3 heteroatoms. The lowest BCUT2D eigenvalue weighted by Crippen LogP contribution is -2.25. The van der Waals surface area contributed by atoms with Crippen molar-refractivity contribution in [3.63, 3.8) is 0 Å². The lowest BCUT2D eigenvalue weighted by atomic mass is 10.00. The Morgan fingerprint density at radius 3 is 2.65 bits per heavy atom. The first-order valence-corrected chi connectivity index (χ1v) is 7.46. The van der Waals surface area contributed by atoms with Crippen LogP contribution in [0.2, 0.25) is 0 Å². The van der Waals surface area contributed by atoms with E-state index in [1.165, 1.54) is 22.1 Å². The van der Waals surface area contributed by atoms with Gasteiger partial charge >= 0.3 is 0 Å². The van der Waals surface area contributed by atoms with Crippen molar-refractivity contribution in [2.45, 2.75) is 13.0 Å². The third-order valence-electron chi connectivity index (χ3n) is 3.38. The fourth-order valence-electron chi connectivity index (χ4n) is 2.38. The first kappa shape index (κ1) is 12.9. The first-order valence-electron chi connectivity index (χ1n) is 6.58. The molecule has 1 atom stereocenters. The third kappa shape index (κ3) is 2.45. The van der Waals surface area contributed by atoms with E-state index in [1.807, 2.05) is 42.6 Å². The molecule has 100 valence electrons. The third-order valence-corrected chi connectivity index (χ3v) is 4.25. The molecule has 0 aliphatic rings. The SMILES string of the molecule is C[C@@H](NC(=O)c1cccs1)c1cccc2ccccc12. The van der Waals surface area contributed by atoms with E-state index >= 15 is 0 Å². The van der Waals surface area contributed by atoms with Crippen LogP contribution in [-0.4, -0.2) is 5.91 Å². The van der Waals surface area contributed by atoms with E-state index < -0.39 is 0 Å². The Morgan fingerprint density at radius 2 is 1.85 bits per heavy atom. The van der Waals surface area contributed by atoms with Crippen LogP contribution in [0.4, 0.5) is 0 Å². The second-order valence-electron chi connectivity index (χ2n) is 4.74. The quantitative estimate of drug-likeness (QED) is 0.758. The number of hydrogen-bond acceptors (Lipinski definition) is 2. The van der Waals surface area contributed by atoms with E-state index in [4.69, 9.17) is 0 Å². The molecule has 3 rings (SSSR count). The summed E-state index contributed by atoms with van der Waals surface area (Å²) in [6.07, 6.45) is 0. The zero-order valence-corrected chi connectivity index (χ0v) is 12.0. The minimum atomic E-state index is -0.0179. The van der Waals surface area contributed by atoms with E-state index in [0.717, 1.165) is 10.4 Å². The maximum Gasteiger partial charge on any atom is 0.261 e. The molecule has 0 unspecified atom stereocenters. The Balaban J connectivity index is 1.89. The maximum atomic E-state index is 12.1. The van der Waals surface area contributed by atoms with Gasteiger partial charge in [0.2, 0.25) is 0 Å². The highest BCUT2D eigenvalue weighted by Crippen LogP contribution is 2.24. The molecule has 0 fully saturated rings. The van der Waals surface area contributed by atoms with Crippen molar-refractivity contribution in [3.8, 4) is 0 Å². The van der Waals surface area contributed by atoms with Gasteiger partial charge in [-0.1, -0.05) is 48.5 Å². The summed E-state index contributed by atoms with van der Waals surface area (Å²) >= 11 is 1.46. The average Bonchev–Trinajstić information content (AvgIpc) is 3.01. The van der Waals surface area contributed by atoms with Gasteiger partial charge in [0.15, 0.2) is 0 Å². The van der Waals surface area contributed by atoms with Crippen LogP contribution in [0.1, 0.15) is 28.2 Å². The van der Waals surface area contributed by atoms with Gasteiger partial charge in [-0.05, 0) is 34.7 Å². The fraction of sp³-hybridized carbons (Fsp3) is 0.118. The van der Waals surface area contributed by atoms with Crippen molar-refractivity contribution in [2.75, 3.05) is 0 Å². The van der Waals surface area contributed by atoms with Gasteiger partial charge in [-0.2, -0.15) is 0 Å². The molecule has 1 aromatic heterocycles. The van der Waals surface area contributed by atoms with Gasteiger partial charge in [0, 0.05) is 0 Å². The summed E-state index contributed by atoms with van der Waals surface area (Å²) in [7, 11) is 0. The highest BCUT2D eigenvalue weighted by Gasteiger charge is 2.13. The first-order chi connectivity index (χ1) is 9.75. The number of carbonyl (C=O) groups is 1. The minimum absolute atomic E-state index is 0.0135. The largest absolute Gasteiger partial charge is 0.345 e. The maximum absolute atomic E-state index is 12.1. The molecular weight excluding hydrogens is 266 g/mol. The number of nitrogens with one attached hydrogen (secondary N) is 1. The van der Waals surface area contributed by atoms with Crippen molar-refractivity contribution in [1.82, 2.24) is 5.32 Å². The van der Waals surface area contributed by atoms with E-state index in [-0.39, 0.29) is 11.9 Å². The molecule has 0 spiro atoms. The van der Waals surface area contributed by atoms with Gasteiger partial charge in [0.25, 0.3) is 5.91 Å². The smallest absolute Gasteiger partial charge is 0.261 e. The van der Waals surface area contributed by atoms with Crippen LogP contribution in [-0.2, 0) is 0 Å². The van der Waals surface area contributed by atoms with E-state index in [2.05, 4.69) is 29.6 Å². The van der Waals surface area contributed by atoms with Crippen molar-refractivity contribution in [3.05, 3.63) is 70.4 Å². The van der Waals surface area contributed by atoms with Gasteiger partial charge in [-0.3, -0.25) is 4.79 Å². The number of hydrogen-bond donors (Lipinski definition) is 1. The molecule has 2 nitrogen and oxygen atoms in total. The van der Waals surface area contributed by atoms with Crippen molar-refractivity contribution in [1.29, 1.82) is 0 Å². The summed E-state index contributed by atoms with van der Waals surface area (Å²) in [5.41, 5.74) is 1.15. The fourth-order valence-corrected chi connectivity index (χ4v) is 3.01. The van der Waals surface area contributed by atoms with Crippen LogP contribution < -0.4 is 5.32 Å². The number of amides is 1. The highest BCUT2D eigenvalue weighted by atomic mass is 32.1. The van der Waals surface area contributed by atoms with Crippen molar-refractivity contribution < 1.29 is 4.79 Å². The molecule has 0 saturated carbocycles. The van der Waals surface area contributed by atoms with Crippen molar-refractivity contribution >= 4 is 28.0 Å². The zero-order chi connectivity index (χ0) is 13.9. The minimum Gasteiger partial charge on any atom is -0.345 e. The topological polar surface area (TPSA) is 29.1 Å². The standard InChI is InChI=1S/C17H15NOS/c1-12(18-17(19)16-10-5-11-20-16)14-9-4-7-13-6-2-3-8-15(13)14/h2-12H,1H3,(H,18,19)/t12-/m1/s1. The van der Waals surface area contributed by atoms with Gasteiger partial charge in [0.1, 0.15) is 0 Å². The second-order valence-corrected chi connectivity index (χ2v) is 5.69. The average molecular weight is 281 g/mol. The normalized spacial score (nSPS) is 12.2. The highest BCUT2D eigenvalue weighted by molar-refractivity contribution is 7.12. The van der Waals surface area contributed by atoms with E-state index in [1.54, 1.807) is 0 Å². The molecule has 1 heterocycles. The Bertz CT molecular complexity index is 728. The van der Waals surface area contributed by atoms with Crippen LogP contribution in [0.3, 0.4) is 0 Å². The Morgan fingerprint density at radius 1 is 1.05 bits per heavy atom. The molecule has 20 heavy (non-hydrogen) atoms. The predicted octanol–water partition coefficient (Wildman–Crippen LogP) is 4.39. The van der Waals surface area contributed by atoms with Crippen molar-refractivity contribution in [2.24, 2.45) is 0 Å². The van der Waals surface area contributed by atoms with Crippen LogP contribution >= 0.6 is 11.3 Å². The molecule has 1 N–H and O–H groups in total. The van der Waals surface area contributed by atoms with Crippen LogP contribution in [0, 0.1) is 0 Å². The van der Waals surface area contributed by atoms with Crippen LogP contribution in [0.5, 0.6) is 0 Å². The molecule has 0 bridgehead atoms. The lowest BCUT2D eigenvalue weighted by Gasteiger charge is -2.16. The van der Waals surface area contributed by atoms with Gasteiger partial charge in [-0.15, -0.1) is 11.3 Å². The van der Waals surface area contributed by atoms with Gasteiger partial charge in [0.05, 0.1) is 10.9 Å². The second kappa shape index (κ2) is 5.47. The Kier molecular flexibility index (Phi) is 3.52. The van der Waals surface area contributed by atoms with Gasteiger partial charge < -0.3 is 5.32 Å². The van der Waals surface area contributed by atoms with Gasteiger partial charge in [-0.25, -0.2) is 0 Å². The number of rotatable bonds is 3. The molecule has 2 aromatic carbocycles. The number of thiophene rings is 1. The summed E-state index contributed by atoms with van der Waals surface area (Å²) in [6, 6.07) is 18.2. The summed E-state index contributed by atoms with van der Waals surface area (Å²) in [5.74, 6) is -0.0135. The predicted molar refractivity (Wildman–Crippen MR) is 84.1 cm³/mol. The molecule has 0 saturated heterocycles. The number of fused-ring (bicyclic) bond motifs is 1.